The normalized spacial score (nSPS) is 13.6. The van der Waals surface area contributed by atoms with Gasteiger partial charge in [0.15, 0.2) is 9.84 Å². The number of hydrogen-bond donors (Lipinski definition) is 1. The van der Waals surface area contributed by atoms with Crippen molar-refractivity contribution < 1.29 is 8.42 Å². The van der Waals surface area contributed by atoms with Gasteiger partial charge in [0.1, 0.15) is 0 Å². The molecule has 17 heavy (non-hydrogen) atoms. The van der Waals surface area contributed by atoms with Gasteiger partial charge in [0.05, 0.1) is 4.90 Å². The van der Waals surface area contributed by atoms with Crippen LogP contribution in [0, 0.1) is 0 Å². The SMILES string of the molecule is CCC(N)CCCc1ccc(S(C)(=O)=O)cc1. The zero-order valence-corrected chi connectivity index (χ0v) is 11.3. The van der Waals surface area contributed by atoms with Crippen LogP contribution in [-0.4, -0.2) is 20.7 Å². The molecule has 0 heterocycles. The number of sulfone groups is 1. The van der Waals surface area contributed by atoms with Gasteiger partial charge in [0.25, 0.3) is 0 Å². The molecule has 0 radical (unpaired) electrons. The van der Waals surface area contributed by atoms with Gasteiger partial charge < -0.3 is 5.73 Å². The lowest BCUT2D eigenvalue weighted by atomic mass is 10.0. The monoisotopic (exact) mass is 255 g/mol. The second-order valence-electron chi connectivity index (χ2n) is 4.48. The zero-order valence-electron chi connectivity index (χ0n) is 10.5. The van der Waals surface area contributed by atoms with Crippen molar-refractivity contribution in [1.29, 1.82) is 0 Å². The molecule has 1 aromatic rings. The lowest BCUT2D eigenvalue weighted by Gasteiger charge is -2.08. The zero-order chi connectivity index (χ0) is 12.9. The van der Waals surface area contributed by atoms with Crippen molar-refractivity contribution >= 4 is 9.84 Å². The molecule has 0 aliphatic rings. The molecule has 0 bridgehead atoms. The van der Waals surface area contributed by atoms with Crippen molar-refractivity contribution in [2.45, 2.75) is 43.5 Å². The standard InChI is InChI=1S/C13H21NO2S/c1-3-12(14)6-4-5-11-7-9-13(10-8-11)17(2,15)16/h7-10,12H,3-6,14H2,1-2H3. The second kappa shape index (κ2) is 6.17. The van der Waals surface area contributed by atoms with Gasteiger partial charge in [0.2, 0.25) is 0 Å². The summed E-state index contributed by atoms with van der Waals surface area (Å²) in [5.41, 5.74) is 7.01. The highest BCUT2D eigenvalue weighted by Gasteiger charge is 2.06. The van der Waals surface area contributed by atoms with E-state index in [1.807, 2.05) is 12.1 Å². The first kappa shape index (κ1) is 14.2. The average Bonchev–Trinajstić information content (AvgIpc) is 2.28. The molecule has 3 nitrogen and oxygen atoms in total. The van der Waals surface area contributed by atoms with E-state index in [2.05, 4.69) is 6.92 Å². The molecule has 1 atom stereocenters. The fraction of sp³-hybridized carbons (Fsp3) is 0.538. The minimum Gasteiger partial charge on any atom is -0.328 e. The van der Waals surface area contributed by atoms with Crippen molar-refractivity contribution in [3.8, 4) is 0 Å². The molecule has 0 saturated heterocycles. The Kier molecular flexibility index (Phi) is 5.15. The Morgan fingerprint density at radius 3 is 2.29 bits per heavy atom. The van der Waals surface area contributed by atoms with E-state index in [1.54, 1.807) is 12.1 Å². The summed E-state index contributed by atoms with van der Waals surface area (Å²) in [6.45, 7) is 2.09. The minimum atomic E-state index is -3.08. The molecule has 0 amide bonds. The van der Waals surface area contributed by atoms with Gasteiger partial charge in [-0.1, -0.05) is 19.1 Å². The van der Waals surface area contributed by atoms with Crippen LogP contribution in [0.2, 0.25) is 0 Å². The van der Waals surface area contributed by atoms with Gasteiger partial charge in [-0.3, -0.25) is 0 Å². The summed E-state index contributed by atoms with van der Waals surface area (Å²) in [5, 5.41) is 0. The summed E-state index contributed by atoms with van der Waals surface area (Å²) in [6, 6.07) is 7.39. The van der Waals surface area contributed by atoms with E-state index < -0.39 is 9.84 Å². The molecule has 0 spiro atoms. The smallest absolute Gasteiger partial charge is 0.175 e. The van der Waals surface area contributed by atoms with E-state index in [1.165, 1.54) is 11.8 Å². The molecule has 0 aliphatic heterocycles. The molecule has 0 fully saturated rings. The maximum atomic E-state index is 11.3. The Morgan fingerprint density at radius 1 is 1.24 bits per heavy atom. The largest absolute Gasteiger partial charge is 0.328 e. The summed E-state index contributed by atoms with van der Waals surface area (Å²) in [5.74, 6) is 0. The molecule has 0 saturated carbocycles. The third kappa shape index (κ3) is 4.88. The van der Waals surface area contributed by atoms with E-state index in [0.29, 0.717) is 4.90 Å². The van der Waals surface area contributed by atoms with E-state index in [4.69, 9.17) is 5.73 Å². The lowest BCUT2D eigenvalue weighted by molar-refractivity contribution is 0.568. The Bertz CT molecular complexity index is 437. The molecule has 2 N–H and O–H groups in total. The number of benzene rings is 1. The number of rotatable bonds is 6. The number of aryl methyl sites for hydroxylation is 1. The van der Waals surface area contributed by atoms with Gasteiger partial charge in [-0.2, -0.15) is 0 Å². The van der Waals surface area contributed by atoms with Crippen molar-refractivity contribution in [2.75, 3.05) is 6.26 Å². The Balaban J connectivity index is 2.52. The first-order valence-electron chi connectivity index (χ1n) is 5.98. The van der Waals surface area contributed by atoms with Crippen molar-refractivity contribution in [2.24, 2.45) is 5.73 Å². The van der Waals surface area contributed by atoms with Gasteiger partial charge in [-0.05, 0) is 43.4 Å². The summed E-state index contributed by atoms with van der Waals surface area (Å²) < 4.78 is 22.5. The van der Waals surface area contributed by atoms with Crippen molar-refractivity contribution in [1.82, 2.24) is 0 Å². The first-order valence-corrected chi connectivity index (χ1v) is 7.87. The fourth-order valence-corrected chi connectivity index (χ4v) is 2.31. The van der Waals surface area contributed by atoms with E-state index >= 15 is 0 Å². The summed E-state index contributed by atoms with van der Waals surface area (Å²) in [6.07, 6.45) is 5.25. The summed E-state index contributed by atoms with van der Waals surface area (Å²) >= 11 is 0. The van der Waals surface area contributed by atoms with Crippen LogP contribution in [0.4, 0.5) is 0 Å². The highest BCUT2D eigenvalue weighted by molar-refractivity contribution is 7.90. The van der Waals surface area contributed by atoms with Crippen LogP contribution in [-0.2, 0) is 16.3 Å². The maximum Gasteiger partial charge on any atom is 0.175 e. The van der Waals surface area contributed by atoms with Crippen LogP contribution < -0.4 is 5.73 Å². The molecule has 0 aromatic heterocycles. The fourth-order valence-electron chi connectivity index (χ4n) is 1.68. The third-order valence-electron chi connectivity index (χ3n) is 2.92. The second-order valence-corrected chi connectivity index (χ2v) is 6.49. The molecule has 96 valence electrons. The highest BCUT2D eigenvalue weighted by atomic mass is 32.2. The van der Waals surface area contributed by atoms with Gasteiger partial charge >= 0.3 is 0 Å². The van der Waals surface area contributed by atoms with Gasteiger partial charge in [0, 0.05) is 12.3 Å². The predicted octanol–water partition coefficient (Wildman–Crippen LogP) is 2.15. The van der Waals surface area contributed by atoms with Gasteiger partial charge in [-0.15, -0.1) is 0 Å². The highest BCUT2D eigenvalue weighted by Crippen LogP contribution is 2.12. The minimum absolute atomic E-state index is 0.283. The number of hydrogen-bond acceptors (Lipinski definition) is 3. The first-order chi connectivity index (χ1) is 7.93. The Morgan fingerprint density at radius 2 is 1.82 bits per heavy atom. The molecular weight excluding hydrogens is 234 g/mol. The van der Waals surface area contributed by atoms with Crippen LogP contribution in [0.1, 0.15) is 31.7 Å². The van der Waals surface area contributed by atoms with Crippen LogP contribution >= 0.6 is 0 Å². The van der Waals surface area contributed by atoms with Crippen LogP contribution in [0.3, 0.4) is 0 Å². The third-order valence-corrected chi connectivity index (χ3v) is 4.04. The predicted molar refractivity (Wildman–Crippen MR) is 70.8 cm³/mol. The topological polar surface area (TPSA) is 60.2 Å². The Hall–Kier alpha value is -0.870. The maximum absolute atomic E-state index is 11.3. The van der Waals surface area contributed by atoms with Crippen LogP contribution in [0.15, 0.2) is 29.2 Å². The lowest BCUT2D eigenvalue weighted by Crippen LogP contribution is -2.18. The molecule has 4 heteroatoms. The van der Waals surface area contributed by atoms with Crippen LogP contribution in [0.25, 0.3) is 0 Å². The Labute approximate surface area is 104 Å². The molecule has 1 rings (SSSR count). The quantitative estimate of drug-likeness (QED) is 0.847. The van der Waals surface area contributed by atoms with Gasteiger partial charge in [-0.25, -0.2) is 8.42 Å². The van der Waals surface area contributed by atoms with E-state index in [-0.39, 0.29) is 6.04 Å². The van der Waals surface area contributed by atoms with Crippen LogP contribution in [0.5, 0.6) is 0 Å². The average molecular weight is 255 g/mol. The summed E-state index contributed by atoms with van der Waals surface area (Å²) in [4.78, 5) is 0.381. The van der Waals surface area contributed by atoms with Crippen molar-refractivity contribution in [3.05, 3.63) is 29.8 Å². The summed E-state index contributed by atoms with van der Waals surface area (Å²) in [7, 11) is -3.08. The van der Waals surface area contributed by atoms with E-state index in [9.17, 15) is 8.42 Å². The number of nitrogens with two attached hydrogens (primary N) is 1. The molecule has 1 unspecified atom stereocenters. The molecular formula is C13H21NO2S. The molecule has 0 aliphatic carbocycles. The molecule has 1 aromatic carbocycles. The van der Waals surface area contributed by atoms with E-state index in [0.717, 1.165) is 25.7 Å². The van der Waals surface area contributed by atoms with Crippen molar-refractivity contribution in [3.63, 3.8) is 0 Å².